The Kier molecular flexibility index (Phi) is 5.96. The molecular formula is C19H26N2O. The molecule has 1 aromatic carbocycles. The van der Waals surface area contributed by atoms with E-state index in [0.717, 1.165) is 35.8 Å². The molecule has 1 aromatic heterocycles. The molecule has 0 spiro atoms. The van der Waals surface area contributed by atoms with E-state index < -0.39 is 0 Å². The lowest BCUT2D eigenvalue weighted by molar-refractivity contribution is 0.341. The highest BCUT2D eigenvalue weighted by atomic mass is 16.5. The maximum absolute atomic E-state index is 5.70. The summed E-state index contributed by atoms with van der Waals surface area (Å²) in [7, 11) is 0. The Morgan fingerprint density at radius 2 is 1.91 bits per heavy atom. The third kappa shape index (κ3) is 4.31. The molecule has 1 heterocycles. The van der Waals surface area contributed by atoms with Crippen LogP contribution in [0.2, 0.25) is 0 Å². The van der Waals surface area contributed by atoms with Crippen molar-refractivity contribution in [2.24, 2.45) is 5.92 Å². The average molecular weight is 298 g/mol. The molecule has 3 nitrogen and oxygen atoms in total. The molecule has 0 aliphatic carbocycles. The van der Waals surface area contributed by atoms with Crippen LogP contribution in [0.1, 0.15) is 32.0 Å². The fourth-order valence-electron chi connectivity index (χ4n) is 2.38. The van der Waals surface area contributed by atoms with Crippen molar-refractivity contribution in [2.75, 3.05) is 13.2 Å². The van der Waals surface area contributed by atoms with Gasteiger partial charge in [0.25, 0.3) is 0 Å². The van der Waals surface area contributed by atoms with Crippen LogP contribution in [0, 0.1) is 12.8 Å². The van der Waals surface area contributed by atoms with Gasteiger partial charge in [0, 0.05) is 17.8 Å². The molecular weight excluding hydrogens is 272 g/mol. The molecule has 0 saturated carbocycles. The summed E-state index contributed by atoms with van der Waals surface area (Å²) in [6.45, 7) is 11.0. The van der Waals surface area contributed by atoms with Crippen LogP contribution in [0.4, 0.5) is 0 Å². The van der Waals surface area contributed by atoms with Crippen LogP contribution < -0.4 is 10.1 Å². The fraction of sp³-hybridized carbons (Fsp3) is 0.421. The number of ether oxygens (including phenoxy) is 1. The third-order valence-electron chi connectivity index (χ3n) is 3.53. The third-order valence-corrected chi connectivity index (χ3v) is 3.53. The molecule has 0 aliphatic heterocycles. The van der Waals surface area contributed by atoms with Crippen molar-refractivity contribution in [1.29, 1.82) is 0 Å². The largest absolute Gasteiger partial charge is 0.493 e. The zero-order valence-electron chi connectivity index (χ0n) is 14.0. The van der Waals surface area contributed by atoms with Crippen molar-refractivity contribution >= 4 is 0 Å². The number of benzene rings is 1. The lowest BCUT2D eigenvalue weighted by atomic mass is 10.1. The Balaban J connectivity index is 2.19. The summed E-state index contributed by atoms with van der Waals surface area (Å²) >= 11 is 0. The lowest BCUT2D eigenvalue weighted by Gasteiger charge is -2.13. The van der Waals surface area contributed by atoms with Gasteiger partial charge in [0.2, 0.25) is 0 Å². The minimum absolute atomic E-state index is 0.658. The van der Waals surface area contributed by atoms with Crippen molar-refractivity contribution in [1.82, 2.24) is 10.3 Å². The molecule has 2 rings (SSSR count). The van der Waals surface area contributed by atoms with Crippen molar-refractivity contribution in [3.8, 4) is 17.0 Å². The van der Waals surface area contributed by atoms with Crippen LogP contribution in [-0.2, 0) is 6.54 Å². The SMILES string of the molecule is CCOc1ccccc1-c1ccc(CNCC(C)C)c(C)n1. The van der Waals surface area contributed by atoms with Crippen LogP contribution >= 0.6 is 0 Å². The molecule has 3 heteroatoms. The standard InChI is InChI=1S/C19H26N2O/c1-5-22-19-9-7-6-8-17(19)18-11-10-16(15(4)21-18)13-20-12-14(2)3/h6-11,14,20H,5,12-13H2,1-4H3. The van der Waals surface area contributed by atoms with Gasteiger partial charge in [-0.3, -0.25) is 4.98 Å². The number of nitrogens with zero attached hydrogens (tertiary/aromatic N) is 1. The summed E-state index contributed by atoms with van der Waals surface area (Å²) in [5.41, 5.74) is 4.33. The van der Waals surface area contributed by atoms with Crippen molar-refractivity contribution in [3.63, 3.8) is 0 Å². The van der Waals surface area contributed by atoms with E-state index >= 15 is 0 Å². The minimum atomic E-state index is 0.658. The van der Waals surface area contributed by atoms with Crippen LogP contribution in [-0.4, -0.2) is 18.1 Å². The van der Waals surface area contributed by atoms with E-state index in [1.54, 1.807) is 0 Å². The molecule has 0 saturated heterocycles. The van der Waals surface area contributed by atoms with E-state index in [2.05, 4.69) is 44.3 Å². The first-order valence-electron chi connectivity index (χ1n) is 8.01. The first-order valence-corrected chi connectivity index (χ1v) is 8.01. The fourth-order valence-corrected chi connectivity index (χ4v) is 2.38. The maximum atomic E-state index is 5.70. The summed E-state index contributed by atoms with van der Waals surface area (Å²) in [6.07, 6.45) is 0. The number of para-hydroxylation sites is 1. The number of pyridine rings is 1. The van der Waals surface area contributed by atoms with E-state index in [1.165, 1.54) is 5.56 Å². The number of aryl methyl sites for hydroxylation is 1. The van der Waals surface area contributed by atoms with Crippen LogP contribution in [0.5, 0.6) is 5.75 Å². The van der Waals surface area contributed by atoms with Gasteiger partial charge < -0.3 is 10.1 Å². The predicted octanol–water partition coefficient (Wildman–Crippen LogP) is 4.20. The molecule has 1 N–H and O–H groups in total. The molecule has 2 aromatic rings. The van der Waals surface area contributed by atoms with Crippen molar-refractivity contribution in [3.05, 3.63) is 47.7 Å². The van der Waals surface area contributed by atoms with E-state index in [4.69, 9.17) is 9.72 Å². The summed E-state index contributed by atoms with van der Waals surface area (Å²) < 4.78 is 5.70. The van der Waals surface area contributed by atoms with Crippen LogP contribution in [0.25, 0.3) is 11.3 Å². The monoisotopic (exact) mass is 298 g/mol. The van der Waals surface area contributed by atoms with E-state index in [1.807, 2.05) is 25.1 Å². The van der Waals surface area contributed by atoms with Crippen LogP contribution in [0.15, 0.2) is 36.4 Å². The first-order chi connectivity index (χ1) is 10.6. The number of hydrogen-bond donors (Lipinski definition) is 1. The van der Waals surface area contributed by atoms with Crippen molar-refractivity contribution in [2.45, 2.75) is 34.2 Å². The summed E-state index contributed by atoms with van der Waals surface area (Å²) in [5.74, 6) is 1.55. The van der Waals surface area contributed by atoms with E-state index in [9.17, 15) is 0 Å². The minimum Gasteiger partial charge on any atom is -0.493 e. The summed E-state index contributed by atoms with van der Waals surface area (Å²) in [6, 6.07) is 12.3. The highest BCUT2D eigenvalue weighted by Crippen LogP contribution is 2.29. The predicted molar refractivity (Wildman–Crippen MR) is 92.1 cm³/mol. The molecule has 118 valence electrons. The second-order valence-corrected chi connectivity index (χ2v) is 5.89. The number of rotatable bonds is 7. The number of hydrogen-bond acceptors (Lipinski definition) is 3. The van der Waals surface area contributed by atoms with Gasteiger partial charge >= 0.3 is 0 Å². The number of nitrogens with one attached hydrogen (secondary N) is 1. The first kappa shape index (κ1) is 16.5. The molecule has 0 radical (unpaired) electrons. The second-order valence-electron chi connectivity index (χ2n) is 5.89. The summed E-state index contributed by atoms with van der Waals surface area (Å²) in [5, 5.41) is 3.47. The average Bonchev–Trinajstić information content (AvgIpc) is 2.49. The summed E-state index contributed by atoms with van der Waals surface area (Å²) in [4.78, 5) is 4.76. The Hall–Kier alpha value is -1.87. The molecule has 0 bridgehead atoms. The zero-order chi connectivity index (χ0) is 15.9. The molecule has 0 aliphatic rings. The molecule has 22 heavy (non-hydrogen) atoms. The van der Waals surface area contributed by atoms with Gasteiger partial charge in [-0.2, -0.15) is 0 Å². The van der Waals surface area contributed by atoms with Gasteiger partial charge in [-0.1, -0.05) is 32.0 Å². The van der Waals surface area contributed by atoms with Gasteiger partial charge in [0.1, 0.15) is 5.75 Å². The molecule has 0 atom stereocenters. The zero-order valence-corrected chi connectivity index (χ0v) is 14.0. The lowest BCUT2D eigenvalue weighted by Crippen LogP contribution is -2.19. The molecule has 0 fully saturated rings. The van der Waals surface area contributed by atoms with Gasteiger partial charge in [-0.05, 0) is 50.1 Å². The van der Waals surface area contributed by atoms with E-state index in [-0.39, 0.29) is 0 Å². The molecule has 0 unspecified atom stereocenters. The Labute approximate surface area is 133 Å². The molecule has 0 amide bonds. The normalized spacial score (nSPS) is 11.0. The van der Waals surface area contributed by atoms with Gasteiger partial charge in [-0.25, -0.2) is 0 Å². The smallest absolute Gasteiger partial charge is 0.128 e. The quantitative estimate of drug-likeness (QED) is 0.832. The Bertz CT molecular complexity index is 608. The Morgan fingerprint density at radius 3 is 2.59 bits per heavy atom. The maximum Gasteiger partial charge on any atom is 0.128 e. The van der Waals surface area contributed by atoms with Crippen molar-refractivity contribution < 1.29 is 4.74 Å². The van der Waals surface area contributed by atoms with Gasteiger partial charge in [-0.15, -0.1) is 0 Å². The highest BCUT2D eigenvalue weighted by Gasteiger charge is 2.09. The van der Waals surface area contributed by atoms with Crippen LogP contribution in [0.3, 0.4) is 0 Å². The Morgan fingerprint density at radius 1 is 1.14 bits per heavy atom. The topological polar surface area (TPSA) is 34.1 Å². The van der Waals surface area contributed by atoms with Gasteiger partial charge in [0.05, 0.1) is 12.3 Å². The number of aromatic nitrogens is 1. The second kappa shape index (κ2) is 7.95. The highest BCUT2D eigenvalue weighted by molar-refractivity contribution is 5.67. The van der Waals surface area contributed by atoms with Gasteiger partial charge in [0.15, 0.2) is 0 Å². The van der Waals surface area contributed by atoms with E-state index in [0.29, 0.717) is 12.5 Å².